The van der Waals surface area contributed by atoms with Gasteiger partial charge in [-0.1, -0.05) is 18.2 Å². The number of rotatable bonds is 8. The average Bonchev–Trinajstić information content (AvgIpc) is 2.73. The molecule has 0 unspecified atom stereocenters. The predicted molar refractivity (Wildman–Crippen MR) is 116 cm³/mol. The van der Waals surface area contributed by atoms with Crippen molar-refractivity contribution in [3.05, 3.63) is 58.1 Å². The van der Waals surface area contributed by atoms with Crippen molar-refractivity contribution in [3.63, 3.8) is 0 Å². The highest BCUT2D eigenvalue weighted by atomic mass is 16.6. The number of methoxy groups -OCH3 is 1. The monoisotopic (exact) mass is 427 g/mol. The number of urea groups is 1. The first kappa shape index (κ1) is 22.8. The van der Waals surface area contributed by atoms with Gasteiger partial charge in [0.15, 0.2) is 5.71 Å². The van der Waals surface area contributed by atoms with Crippen LogP contribution in [0.15, 0.2) is 52.7 Å². The van der Waals surface area contributed by atoms with E-state index in [-0.39, 0.29) is 22.8 Å². The number of hydrogen-bond donors (Lipinski definition) is 4. The number of anilines is 2. The summed E-state index contributed by atoms with van der Waals surface area (Å²) in [6.45, 7) is 3.11. The Balaban J connectivity index is 2.41. The Morgan fingerprint density at radius 3 is 2.48 bits per heavy atom. The number of benzene rings is 2. The summed E-state index contributed by atoms with van der Waals surface area (Å²) >= 11 is 0. The summed E-state index contributed by atoms with van der Waals surface area (Å²) in [5, 5.41) is 21.6. The van der Waals surface area contributed by atoms with Crippen molar-refractivity contribution in [3.8, 4) is 5.75 Å². The number of hydrazone groups is 2. The SMILES string of the molecule is COc1ccccc1NC(=O)C(=N\Nc1ccc(C)cc1[N+](=O)[O-])/C(C)=N\NC(N)=O. The van der Waals surface area contributed by atoms with Gasteiger partial charge in [0.25, 0.3) is 11.6 Å². The molecular weight excluding hydrogens is 406 g/mol. The summed E-state index contributed by atoms with van der Waals surface area (Å²) in [4.78, 5) is 34.6. The lowest BCUT2D eigenvalue weighted by molar-refractivity contribution is -0.384. The minimum Gasteiger partial charge on any atom is -0.495 e. The molecule has 2 aromatic carbocycles. The average molecular weight is 427 g/mol. The van der Waals surface area contributed by atoms with E-state index in [2.05, 4.69) is 20.9 Å². The van der Waals surface area contributed by atoms with E-state index in [0.29, 0.717) is 17.0 Å². The van der Waals surface area contributed by atoms with Gasteiger partial charge in [0, 0.05) is 6.07 Å². The van der Waals surface area contributed by atoms with Gasteiger partial charge < -0.3 is 15.8 Å². The van der Waals surface area contributed by atoms with Gasteiger partial charge in [-0.3, -0.25) is 20.3 Å². The van der Waals surface area contributed by atoms with Crippen molar-refractivity contribution in [1.29, 1.82) is 0 Å². The summed E-state index contributed by atoms with van der Waals surface area (Å²) in [6, 6.07) is 10.2. The lowest BCUT2D eigenvalue weighted by Crippen LogP contribution is -2.33. The van der Waals surface area contributed by atoms with Crippen LogP contribution in [0.2, 0.25) is 0 Å². The van der Waals surface area contributed by atoms with Crippen molar-refractivity contribution < 1.29 is 19.2 Å². The highest BCUT2D eigenvalue weighted by Gasteiger charge is 2.19. The Hall–Kier alpha value is -4.48. The third-order valence-corrected chi connectivity index (χ3v) is 3.88. The zero-order valence-electron chi connectivity index (χ0n) is 17.0. The molecule has 0 bridgehead atoms. The van der Waals surface area contributed by atoms with Crippen LogP contribution in [-0.4, -0.2) is 35.4 Å². The van der Waals surface area contributed by atoms with E-state index in [4.69, 9.17) is 10.5 Å². The van der Waals surface area contributed by atoms with Crippen LogP contribution in [0.3, 0.4) is 0 Å². The maximum atomic E-state index is 12.9. The van der Waals surface area contributed by atoms with Gasteiger partial charge in [-0.15, -0.1) is 0 Å². The second kappa shape index (κ2) is 10.3. The van der Waals surface area contributed by atoms with Crippen LogP contribution >= 0.6 is 0 Å². The molecule has 0 aliphatic heterocycles. The second-order valence-electron chi connectivity index (χ2n) is 6.18. The minimum absolute atomic E-state index is 0.00605. The van der Waals surface area contributed by atoms with Crippen LogP contribution in [0.4, 0.5) is 21.9 Å². The number of nitrogens with one attached hydrogen (secondary N) is 3. The Bertz CT molecular complexity index is 1070. The summed E-state index contributed by atoms with van der Waals surface area (Å²) in [6.07, 6.45) is 0. The number of ether oxygens (including phenoxy) is 1. The second-order valence-corrected chi connectivity index (χ2v) is 6.18. The molecule has 0 atom stereocenters. The maximum Gasteiger partial charge on any atom is 0.332 e. The number of nitrogens with zero attached hydrogens (tertiary/aromatic N) is 3. The molecule has 0 radical (unpaired) electrons. The van der Waals surface area contributed by atoms with Crippen molar-refractivity contribution in [2.45, 2.75) is 13.8 Å². The summed E-state index contributed by atoms with van der Waals surface area (Å²) in [5.41, 5.74) is 10.1. The van der Waals surface area contributed by atoms with Gasteiger partial charge in [0.2, 0.25) is 0 Å². The number of amides is 3. The van der Waals surface area contributed by atoms with Crippen LogP contribution in [-0.2, 0) is 4.79 Å². The standard InChI is InChI=1S/C19H21N7O5/c1-11-8-9-13(15(10-11)26(29)30)23-24-17(12(2)22-25-19(20)28)18(27)21-14-6-4-5-7-16(14)31-3/h4-10,23H,1-3H3,(H,21,27)(H3,20,25,28)/b22-12-,24-17-. The van der Waals surface area contributed by atoms with Crippen LogP contribution < -0.4 is 26.6 Å². The number of aryl methyl sites for hydroxylation is 1. The van der Waals surface area contributed by atoms with Crippen LogP contribution in [0, 0.1) is 17.0 Å². The maximum absolute atomic E-state index is 12.9. The van der Waals surface area contributed by atoms with Crippen LogP contribution in [0.25, 0.3) is 0 Å². The Morgan fingerprint density at radius 1 is 1.13 bits per heavy atom. The molecule has 0 saturated heterocycles. The summed E-state index contributed by atoms with van der Waals surface area (Å²) in [5.74, 6) is -0.304. The van der Waals surface area contributed by atoms with Crippen LogP contribution in [0.5, 0.6) is 5.75 Å². The van der Waals surface area contributed by atoms with Gasteiger partial charge >= 0.3 is 6.03 Å². The van der Waals surface area contributed by atoms with E-state index in [1.165, 1.54) is 26.2 Å². The van der Waals surface area contributed by atoms with E-state index < -0.39 is 16.9 Å². The Labute approximate surface area is 177 Å². The molecule has 2 rings (SSSR count). The first-order chi connectivity index (χ1) is 14.7. The number of para-hydroxylation sites is 2. The molecule has 12 nitrogen and oxygen atoms in total. The molecule has 0 aliphatic rings. The normalized spacial score (nSPS) is 11.5. The largest absolute Gasteiger partial charge is 0.495 e. The highest BCUT2D eigenvalue weighted by Crippen LogP contribution is 2.26. The number of carbonyl (C=O) groups excluding carboxylic acids is 2. The third-order valence-electron chi connectivity index (χ3n) is 3.88. The summed E-state index contributed by atoms with van der Waals surface area (Å²) in [7, 11) is 1.45. The van der Waals surface area contributed by atoms with Gasteiger partial charge in [-0.2, -0.15) is 10.2 Å². The fourth-order valence-corrected chi connectivity index (χ4v) is 2.42. The molecule has 5 N–H and O–H groups in total. The van der Waals surface area contributed by atoms with E-state index in [0.717, 1.165) is 0 Å². The van der Waals surface area contributed by atoms with E-state index >= 15 is 0 Å². The van der Waals surface area contributed by atoms with E-state index in [9.17, 15) is 19.7 Å². The fourth-order valence-electron chi connectivity index (χ4n) is 2.42. The Morgan fingerprint density at radius 2 is 1.84 bits per heavy atom. The smallest absolute Gasteiger partial charge is 0.332 e. The molecule has 0 aromatic heterocycles. The zero-order valence-corrected chi connectivity index (χ0v) is 17.0. The minimum atomic E-state index is -0.939. The first-order valence-electron chi connectivity index (χ1n) is 8.86. The lowest BCUT2D eigenvalue weighted by atomic mass is 10.2. The molecular formula is C19H21N7O5. The zero-order chi connectivity index (χ0) is 23.0. The topological polar surface area (TPSA) is 173 Å². The van der Waals surface area contributed by atoms with E-state index in [1.54, 1.807) is 37.3 Å². The third kappa shape index (κ3) is 6.25. The van der Waals surface area contributed by atoms with Crippen molar-refractivity contribution in [1.82, 2.24) is 5.43 Å². The first-order valence-corrected chi connectivity index (χ1v) is 8.86. The Kier molecular flexibility index (Phi) is 7.61. The number of nitrogens with two attached hydrogens (primary N) is 1. The number of nitro benzene ring substituents is 1. The number of primary amides is 1. The van der Waals surface area contributed by atoms with E-state index in [1.807, 2.05) is 5.43 Å². The predicted octanol–water partition coefficient (Wildman–Crippen LogP) is 2.36. The fraction of sp³-hybridized carbons (Fsp3) is 0.158. The van der Waals surface area contributed by atoms with Gasteiger partial charge in [-0.05, 0) is 37.6 Å². The molecule has 3 amide bonds. The van der Waals surface area contributed by atoms with Gasteiger partial charge in [0.1, 0.15) is 11.4 Å². The number of hydrogen-bond acceptors (Lipinski definition) is 8. The molecule has 162 valence electrons. The lowest BCUT2D eigenvalue weighted by Gasteiger charge is -2.12. The summed E-state index contributed by atoms with van der Waals surface area (Å²) < 4.78 is 5.20. The molecule has 31 heavy (non-hydrogen) atoms. The van der Waals surface area contributed by atoms with Gasteiger partial charge in [0.05, 0.1) is 23.4 Å². The van der Waals surface area contributed by atoms with Crippen molar-refractivity contribution in [2.75, 3.05) is 17.9 Å². The molecule has 0 aliphatic carbocycles. The molecule has 0 heterocycles. The van der Waals surface area contributed by atoms with Crippen LogP contribution in [0.1, 0.15) is 12.5 Å². The van der Waals surface area contributed by atoms with Gasteiger partial charge in [-0.25, -0.2) is 10.2 Å². The molecule has 0 fully saturated rings. The number of carbonyl (C=O) groups is 2. The highest BCUT2D eigenvalue weighted by molar-refractivity contribution is 6.68. The quantitative estimate of drug-likeness (QED) is 0.286. The van der Waals surface area contributed by atoms with Crippen molar-refractivity contribution in [2.24, 2.45) is 15.9 Å². The molecule has 0 saturated carbocycles. The number of nitro groups is 1. The molecule has 0 spiro atoms. The molecule has 12 heteroatoms. The molecule has 2 aromatic rings. The van der Waals surface area contributed by atoms with Crippen molar-refractivity contribution >= 4 is 40.4 Å².